The van der Waals surface area contributed by atoms with Crippen LogP contribution in [-0.2, 0) is 13.0 Å². The fraction of sp³-hybridized carbons (Fsp3) is 0.609. The minimum atomic E-state index is -0.0217. The molecule has 7 heteroatoms. The first-order chi connectivity index (χ1) is 14.5. The predicted octanol–water partition coefficient (Wildman–Crippen LogP) is 4.65. The third-order valence-corrected chi connectivity index (χ3v) is 5.71. The second kappa shape index (κ2) is 12.6. The zero-order valence-electron chi connectivity index (χ0n) is 19.1. The van der Waals surface area contributed by atoms with Crippen molar-refractivity contribution in [1.29, 1.82) is 0 Å². The number of thioether (sulfide) groups is 1. The first kappa shape index (κ1) is 24.3. The standard InChI is InChI=1S/C23H37N5OS/c1-6-8-16-27(7-2)20-13-11-19(12-14-20)22(29)24-15-9-10-21-25-26-23(30-5)28(21)17-18(3)4/h11-14,18H,6-10,15-17H2,1-5H3,(H,24,29). The van der Waals surface area contributed by atoms with Crippen LogP contribution >= 0.6 is 11.8 Å². The number of benzene rings is 1. The van der Waals surface area contributed by atoms with Gasteiger partial charge in [-0.1, -0.05) is 39.0 Å². The summed E-state index contributed by atoms with van der Waals surface area (Å²) in [6.07, 6.45) is 6.04. The number of rotatable bonds is 13. The summed E-state index contributed by atoms with van der Waals surface area (Å²) in [5.74, 6) is 1.52. The van der Waals surface area contributed by atoms with Gasteiger partial charge in [-0.25, -0.2) is 0 Å². The van der Waals surface area contributed by atoms with Gasteiger partial charge in [0.05, 0.1) is 0 Å². The van der Waals surface area contributed by atoms with Crippen molar-refractivity contribution in [1.82, 2.24) is 20.1 Å². The molecule has 2 aromatic rings. The van der Waals surface area contributed by atoms with Crippen molar-refractivity contribution in [3.05, 3.63) is 35.7 Å². The van der Waals surface area contributed by atoms with Crippen LogP contribution in [0.1, 0.15) is 63.1 Å². The lowest BCUT2D eigenvalue weighted by atomic mass is 10.1. The van der Waals surface area contributed by atoms with Gasteiger partial charge in [0.25, 0.3) is 5.91 Å². The molecule has 0 fully saturated rings. The maximum atomic E-state index is 12.5. The van der Waals surface area contributed by atoms with Gasteiger partial charge in [-0.05, 0) is 56.2 Å². The maximum Gasteiger partial charge on any atom is 0.251 e. The molecule has 1 amide bonds. The third-order valence-electron chi connectivity index (χ3n) is 5.04. The Kier molecular flexibility index (Phi) is 10.2. The van der Waals surface area contributed by atoms with Crippen molar-refractivity contribution < 1.29 is 4.79 Å². The molecule has 0 saturated carbocycles. The van der Waals surface area contributed by atoms with E-state index in [1.807, 2.05) is 30.5 Å². The lowest BCUT2D eigenvalue weighted by Crippen LogP contribution is -2.26. The molecule has 0 saturated heterocycles. The Bertz CT molecular complexity index is 772. The number of nitrogens with zero attached hydrogens (tertiary/aromatic N) is 4. The molecule has 0 aliphatic carbocycles. The van der Waals surface area contributed by atoms with E-state index in [9.17, 15) is 4.79 Å². The molecular formula is C23H37N5OS. The van der Waals surface area contributed by atoms with Crippen LogP contribution in [0.2, 0.25) is 0 Å². The predicted molar refractivity (Wildman–Crippen MR) is 127 cm³/mol. The van der Waals surface area contributed by atoms with Crippen molar-refractivity contribution in [3.63, 3.8) is 0 Å². The second-order valence-corrected chi connectivity index (χ2v) is 8.72. The number of aromatic nitrogens is 3. The van der Waals surface area contributed by atoms with E-state index in [1.54, 1.807) is 11.8 Å². The van der Waals surface area contributed by atoms with Crippen molar-refractivity contribution in [3.8, 4) is 0 Å². The van der Waals surface area contributed by atoms with Crippen LogP contribution in [0, 0.1) is 5.92 Å². The van der Waals surface area contributed by atoms with Crippen molar-refractivity contribution in [2.24, 2.45) is 5.92 Å². The van der Waals surface area contributed by atoms with Gasteiger partial charge in [0.2, 0.25) is 0 Å². The number of nitrogens with one attached hydrogen (secondary N) is 1. The van der Waals surface area contributed by atoms with Crippen molar-refractivity contribution in [2.75, 3.05) is 30.8 Å². The van der Waals surface area contributed by atoms with E-state index in [0.717, 1.165) is 43.5 Å². The molecule has 6 nitrogen and oxygen atoms in total. The molecule has 1 heterocycles. The SMILES string of the molecule is CCCCN(CC)c1ccc(C(=O)NCCCc2nnc(SC)n2CC(C)C)cc1. The molecule has 0 aliphatic heterocycles. The molecule has 0 radical (unpaired) electrons. The molecule has 2 rings (SSSR count). The first-order valence-electron chi connectivity index (χ1n) is 11.1. The fourth-order valence-corrected chi connectivity index (χ4v) is 3.92. The number of aryl methyl sites for hydroxylation is 1. The summed E-state index contributed by atoms with van der Waals surface area (Å²) < 4.78 is 2.20. The molecule has 1 N–H and O–H groups in total. The lowest BCUT2D eigenvalue weighted by Gasteiger charge is -2.23. The molecule has 0 spiro atoms. The Hall–Kier alpha value is -2.02. The summed E-state index contributed by atoms with van der Waals surface area (Å²) in [5, 5.41) is 12.6. The number of carbonyl (C=O) groups is 1. The van der Waals surface area contributed by atoms with E-state index in [-0.39, 0.29) is 5.91 Å². The molecule has 0 atom stereocenters. The van der Waals surface area contributed by atoms with Crippen LogP contribution in [-0.4, -0.2) is 46.6 Å². The van der Waals surface area contributed by atoms with Gasteiger partial charge in [0.1, 0.15) is 5.82 Å². The summed E-state index contributed by atoms with van der Waals surface area (Å²) in [6, 6.07) is 7.94. The average molecular weight is 432 g/mol. The second-order valence-electron chi connectivity index (χ2n) is 7.95. The van der Waals surface area contributed by atoms with E-state index < -0.39 is 0 Å². The molecule has 0 aliphatic rings. The highest BCUT2D eigenvalue weighted by molar-refractivity contribution is 7.98. The van der Waals surface area contributed by atoms with Crippen molar-refractivity contribution >= 4 is 23.4 Å². The summed E-state index contributed by atoms with van der Waals surface area (Å²) in [7, 11) is 0. The molecule has 1 aromatic heterocycles. The lowest BCUT2D eigenvalue weighted by molar-refractivity contribution is 0.0953. The number of anilines is 1. The summed E-state index contributed by atoms with van der Waals surface area (Å²) >= 11 is 1.62. The number of amides is 1. The highest BCUT2D eigenvalue weighted by Gasteiger charge is 2.13. The van der Waals surface area contributed by atoms with Crippen molar-refractivity contribution in [2.45, 2.75) is 65.1 Å². The van der Waals surface area contributed by atoms with E-state index >= 15 is 0 Å². The summed E-state index contributed by atoms with van der Waals surface area (Å²) in [4.78, 5) is 14.8. The van der Waals surface area contributed by atoms with E-state index in [1.165, 1.54) is 18.5 Å². The Morgan fingerprint density at radius 1 is 1.17 bits per heavy atom. The van der Waals surface area contributed by atoms with E-state index in [0.29, 0.717) is 18.0 Å². The summed E-state index contributed by atoms with van der Waals surface area (Å²) in [5.41, 5.74) is 1.88. The molecule has 166 valence electrons. The van der Waals surface area contributed by atoms with E-state index in [2.05, 4.69) is 52.7 Å². The Labute approximate surface area is 185 Å². The van der Waals surface area contributed by atoms with Gasteiger partial charge in [0.15, 0.2) is 5.16 Å². The van der Waals surface area contributed by atoms with Gasteiger partial charge < -0.3 is 14.8 Å². The van der Waals surface area contributed by atoms with Gasteiger partial charge in [-0.3, -0.25) is 4.79 Å². The smallest absolute Gasteiger partial charge is 0.251 e. The van der Waals surface area contributed by atoms with Crippen LogP contribution < -0.4 is 10.2 Å². The quantitative estimate of drug-likeness (QED) is 0.370. The Morgan fingerprint density at radius 2 is 1.90 bits per heavy atom. The first-order valence-corrected chi connectivity index (χ1v) is 12.3. The highest BCUT2D eigenvalue weighted by atomic mass is 32.2. The van der Waals surface area contributed by atoms with Crippen LogP contribution in [0.5, 0.6) is 0 Å². The number of hydrogen-bond acceptors (Lipinski definition) is 5. The molecule has 0 bridgehead atoms. The molecule has 1 aromatic carbocycles. The fourth-order valence-electron chi connectivity index (χ4n) is 3.40. The zero-order valence-corrected chi connectivity index (χ0v) is 20.0. The van der Waals surface area contributed by atoms with Gasteiger partial charge in [-0.15, -0.1) is 10.2 Å². The van der Waals surface area contributed by atoms with Gasteiger partial charge in [-0.2, -0.15) is 0 Å². The Balaban J connectivity index is 1.84. The molecule has 0 unspecified atom stereocenters. The maximum absolute atomic E-state index is 12.5. The van der Waals surface area contributed by atoms with Crippen LogP contribution in [0.25, 0.3) is 0 Å². The third kappa shape index (κ3) is 7.04. The average Bonchev–Trinajstić information content (AvgIpc) is 3.12. The topological polar surface area (TPSA) is 63.1 Å². The van der Waals surface area contributed by atoms with Crippen LogP contribution in [0.4, 0.5) is 5.69 Å². The number of carbonyl (C=O) groups excluding carboxylic acids is 1. The molecule has 30 heavy (non-hydrogen) atoms. The Morgan fingerprint density at radius 3 is 2.50 bits per heavy atom. The summed E-state index contributed by atoms with van der Waals surface area (Å²) in [6.45, 7) is 12.3. The zero-order chi connectivity index (χ0) is 21.9. The number of hydrogen-bond donors (Lipinski definition) is 1. The van der Waals surface area contributed by atoms with Crippen LogP contribution in [0.3, 0.4) is 0 Å². The normalized spacial score (nSPS) is 11.1. The molecular weight excluding hydrogens is 394 g/mol. The highest BCUT2D eigenvalue weighted by Crippen LogP contribution is 2.17. The van der Waals surface area contributed by atoms with Crippen LogP contribution in [0.15, 0.2) is 29.4 Å². The van der Waals surface area contributed by atoms with E-state index in [4.69, 9.17) is 0 Å². The minimum absolute atomic E-state index is 0.0217. The van der Waals surface area contributed by atoms with Gasteiger partial charge in [0, 0.05) is 43.9 Å². The number of unbranched alkanes of at least 4 members (excludes halogenated alkanes) is 1. The van der Waals surface area contributed by atoms with Gasteiger partial charge >= 0.3 is 0 Å². The monoisotopic (exact) mass is 431 g/mol. The largest absolute Gasteiger partial charge is 0.372 e. The minimum Gasteiger partial charge on any atom is -0.372 e.